The van der Waals surface area contributed by atoms with Crippen molar-refractivity contribution in [2.24, 2.45) is 0 Å². The molecule has 3 atom stereocenters. The van der Waals surface area contributed by atoms with Crippen LogP contribution in [0.15, 0.2) is 72.8 Å². The number of phenolic OH excluding ortho intramolecular Hbond substituents is 1. The molecule has 2 saturated heterocycles. The fourth-order valence-electron chi connectivity index (χ4n) is 5.55. The molecule has 2 heterocycles. The Morgan fingerprint density at radius 1 is 1.11 bits per heavy atom. The quantitative estimate of drug-likeness (QED) is 0.537. The molecule has 1 spiro atoms. The van der Waals surface area contributed by atoms with Gasteiger partial charge in [0.15, 0.2) is 0 Å². The molecule has 5 rings (SSSR count). The number of nitrogens with zero attached hydrogens (tertiary/aromatic N) is 1. The Labute approximate surface area is 214 Å². The first-order valence-corrected chi connectivity index (χ1v) is 12.3. The summed E-state index contributed by atoms with van der Waals surface area (Å²) in [4.78, 5) is 27.4. The summed E-state index contributed by atoms with van der Waals surface area (Å²) in [5.74, 6) is -0.783. The van der Waals surface area contributed by atoms with Gasteiger partial charge in [-0.15, -0.1) is 0 Å². The number of amides is 2. The number of hydrogen-bond acceptors (Lipinski definition) is 5. The van der Waals surface area contributed by atoms with Crippen molar-refractivity contribution in [3.05, 3.63) is 89.7 Å². The summed E-state index contributed by atoms with van der Waals surface area (Å²) in [6.07, 6.45) is 0.0436. The summed E-state index contributed by atoms with van der Waals surface area (Å²) in [5, 5.41) is 13.3. The zero-order chi connectivity index (χ0) is 26.0. The lowest BCUT2D eigenvalue weighted by Gasteiger charge is -2.41. The van der Waals surface area contributed by atoms with Crippen molar-refractivity contribution < 1.29 is 28.6 Å². The second-order valence-electron chi connectivity index (χ2n) is 9.71. The maximum atomic E-state index is 15.9. The second-order valence-corrected chi connectivity index (χ2v) is 9.71. The number of halogens is 1. The number of ether oxygens (including phenoxy) is 2. The number of para-hydroxylation sites is 1. The van der Waals surface area contributed by atoms with E-state index in [0.29, 0.717) is 17.5 Å². The minimum atomic E-state index is -0.877. The maximum Gasteiger partial charge on any atom is 0.410 e. The van der Waals surface area contributed by atoms with Gasteiger partial charge < -0.3 is 19.9 Å². The molecule has 2 amide bonds. The molecule has 8 heteroatoms. The van der Waals surface area contributed by atoms with Crippen LogP contribution in [0.2, 0.25) is 0 Å². The maximum absolute atomic E-state index is 15.9. The van der Waals surface area contributed by atoms with Crippen LogP contribution in [-0.4, -0.2) is 52.8 Å². The Morgan fingerprint density at radius 3 is 2.59 bits per heavy atom. The van der Waals surface area contributed by atoms with E-state index >= 15 is 4.39 Å². The molecule has 0 bridgehead atoms. The molecule has 192 valence electrons. The molecule has 2 aliphatic rings. The van der Waals surface area contributed by atoms with Crippen LogP contribution in [0.25, 0.3) is 11.1 Å². The molecule has 2 unspecified atom stereocenters. The van der Waals surface area contributed by atoms with Crippen LogP contribution in [0.3, 0.4) is 0 Å². The van der Waals surface area contributed by atoms with Gasteiger partial charge in [-0.2, -0.15) is 0 Å². The van der Waals surface area contributed by atoms with Crippen LogP contribution < -0.4 is 5.32 Å². The lowest BCUT2D eigenvalue weighted by Crippen LogP contribution is -2.64. The van der Waals surface area contributed by atoms with Crippen molar-refractivity contribution in [1.82, 2.24) is 10.2 Å². The summed E-state index contributed by atoms with van der Waals surface area (Å²) in [5.41, 5.74) is 0.977. The molecule has 0 radical (unpaired) electrons. The van der Waals surface area contributed by atoms with Gasteiger partial charge in [-0.3, -0.25) is 9.69 Å². The second kappa shape index (κ2) is 10.2. The van der Waals surface area contributed by atoms with Gasteiger partial charge in [0.05, 0.1) is 18.2 Å². The predicted molar refractivity (Wildman–Crippen MR) is 135 cm³/mol. The van der Waals surface area contributed by atoms with E-state index < -0.39 is 23.5 Å². The zero-order valence-corrected chi connectivity index (χ0v) is 20.5. The van der Waals surface area contributed by atoms with Crippen LogP contribution in [0.5, 0.6) is 5.75 Å². The van der Waals surface area contributed by atoms with E-state index in [1.54, 1.807) is 41.3 Å². The number of rotatable bonds is 5. The van der Waals surface area contributed by atoms with Crippen LogP contribution in [0.4, 0.5) is 9.18 Å². The van der Waals surface area contributed by atoms with Gasteiger partial charge in [-0.1, -0.05) is 66.7 Å². The normalized spacial score (nSPS) is 23.2. The van der Waals surface area contributed by atoms with E-state index in [-0.39, 0.29) is 49.5 Å². The molecule has 0 saturated carbocycles. The van der Waals surface area contributed by atoms with E-state index in [2.05, 4.69) is 5.32 Å². The van der Waals surface area contributed by atoms with Gasteiger partial charge in [-0.05, 0) is 37.0 Å². The van der Waals surface area contributed by atoms with Crippen molar-refractivity contribution in [1.29, 1.82) is 0 Å². The van der Waals surface area contributed by atoms with Crippen molar-refractivity contribution in [3.63, 3.8) is 0 Å². The van der Waals surface area contributed by atoms with Gasteiger partial charge >= 0.3 is 6.09 Å². The fraction of sp³-hybridized carbons (Fsp3) is 0.310. The number of carbonyl (C=O) groups excluding carboxylic acids is 2. The Bertz CT molecular complexity index is 1300. The first-order valence-electron chi connectivity index (χ1n) is 12.3. The SMILES string of the molecule is C[C@@H]1CC2(COCC(=O)N2)C(Cc2cccc(-c3ccccc3O)c2F)N1C(=O)OCc1ccccc1. The Hall–Kier alpha value is -3.91. The average Bonchev–Trinajstić information content (AvgIpc) is 3.14. The molecule has 0 aromatic heterocycles. The molecule has 2 aliphatic heterocycles. The third-order valence-corrected chi connectivity index (χ3v) is 7.19. The highest BCUT2D eigenvalue weighted by Gasteiger charge is 2.55. The van der Waals surface area contributed by atoms with Crippen molar-refractivity contribution >= 4 is 12.0 Å². The smallest absolute Gasteiger partial charge is 0.410 e. The number of carbonyl (C=O) groups is 2. The minimum Gasteiger partial charge on any atom is -0.507 e. The van der Waals surface area contributed by atoms with Crippen LogP contribution in [-0.2, 0) is 27.3 Å². The van der Waals surface area contributed by atoms with E-state index in [1.807, 2.05) is 37.3 Å². The molecule has 2 fully saturated rings. The Morgan fingerprint density at radius 2 is 1.84 bits per heavy atom. The van der Waals surface area contributed by atoms with Gasteiger partial charge in [0.2, 0.25) is 5.91 Å². The number of hydrogen-bond donors (Lipinski definition) is 2. The van der Waals surface area contributed by atoms with E-state index in [4.69, 9.17) is 9.47 Å². The monoisotopic (exact) mass is 504 g/mol. The van der Waals surface area contributed by atoms with Crippen molar-refractivity contribution in [2.75, 3.05) is 13.2 Å². The minimum absolute atomic E-state index is 0.0245. The van der Waals surface area contributed by atoms with Crippen LogP contribution >= 0.6 is 0 Å². The number of morpholine rings is 1. The van der Waals surface area contributed by atoms with Crippen LogP contribution in [0.1, 0.15) is 24.5 Å². The van der Waals surface area contributed by atoms with Crippen molar-refractivity contribution in [3.8, 4) is 16.9 Å². The molecular weight excluding hydrogens is 475 g/mol. The van der Waals surface area contributed by atoms with Gasteiger partial charge in [0.1, 0.15) is 24.8 Å². The fourth-order valence-corrected chi connectivity index (χ4v) is 5.55. The van der Waals surface area contributed by atoms with Crippen molar-refractivity contribution in [2.45, 2.75) is 44.0 Å². The highest BCUT2D eigenvalue weighted by molar-refractivity contribution is 5.80. The predicted octanol–water partition coefficient (Wildman–Crippen LogP) is 4.43. The first-order chi connectivity index (χ1) is 17.9. The molecule has 2 N–H and O–H groups in total. The van der Waals surface area contributed by atoms with Gasteiger partial charge in [-0.25, -0.2) is 9.18 Å². The van der Waals surface area contributed by atoms with E-state index in [9.17, 15) is 14.7 Å². The summed E-state index contributed by atoms with van der Waals surface area (Å²) < 4.78 is 27.1. The number of benzene rings is 3. The van der Waals surface area contributed by atoms with E-state index in [0.717, 1.165) is 5.56 Å². The summed E-state index contributed by atoms with van der Waals surface area (Å²) >= 11 is 0. The lowest BCUT2D eigenvalue weighted by molar-refractivity contribution is -0.136. The number of nitrogens with one attached hydrogen (secondary N) is 1. The molecule has 3 aromatic rings. The molecule has 0 aliphatic carbocycles. The molecule has 7 nitrogen and oxygen atoms in total. The third-order valence-electron chi connectivity index (χ3n) is 7.19. The Kier molecular flexibility index (Phi) is 6.84. The topological polar surface area (TPSA) is 88.1 Å². The summed E-state index contributed by atoms with van der Waals surface area (Å²) in [7, 11) is 0. The number of phenols is 1. The lowest BCUT2D eigenvalue weighted by atomic mass is 9.84. The third kappa shape index (κ3) is 4.89. The number of likely N-dealkylation sites (tertiary alicyclic amines) is 1. The molecule has 37 heavy (non-hydrogen) atoms. The highest BCUT2D eigenvalue weighted by Crippen LogP contribution is 2.39. The average molecular weight is 505 g/mol. The number of aromatic hydroxyl groups is 1. The van der Waals surface area contributed by atoms with E-state index in [1.165, 1.54) is 6.07 Å². The summed E-state index contributed by atoms with van der Waals surface area (Å²) in [6.45, 7) is 2.14. The molecular formula is C29H29FN2O5. The standard InChI is InChI=1S/C29H29FN2O5/c1-19-15-29(18-36-17-26(34)31-29)25(32(19)28(35)37-16-20-8-3-2-4-9-20)14-21-10-7-12-23(27(21)30)22-11-5-6-13-24(22)33/h2-13,19,25,33H,14-18H2,1H3,(H,31,34)/t19-,25?,29?/m1/s1. The largest absolute Gasteiger partial charge is 0.507 e. The molecule has 3 aromatic carbocycles. The highest BCUT2D eigenvalue weighted by atomic mass is 19.1. The van der Waals surface area contributed by atoms with Gasteiger partial charge in [0.25, 0.3) is 0 Å². The summed E-state index contributed by atoms with van der Waals surface area (Å²) in [6, 6.07) is 20.0. The Balaban J connectivity index is 1.47. The zero-order valence-electron chi connectivity index (χ0n) is 20.5. The van der Waals surface area contributed by atoms with Crippen LogP contribution in [0, 0.1) is 5.82 Å². The van der Waals surface area contributed by atoms with Gasteiger partial charge in [0, 0.05) is 17.2 Å². The first kappa shape index (κ1) is 24.8.